The van der Waals surface area contributed by atoms with E-state index >= 15 is 0 Å². The van der Waals surface area contributed by atoms with Gasteiger partial charge in [0.25, 0.3) is 0 Å². The fourth-order valence-electron chi connectivity index (χ4n) is 2.44. The van der Waals surface area contributed by atoms with Gasteiger partial charge in [0, 0.05) is 6.04 Å². The molecule has 0 aromatic rings. The first-order valence-electron chi connectivity index (χ1n) is 7.18. The molecule has 2 unspecified atom stereocenters. The zero-order chi connectivity index (χ0) is 12.5. The highest BCUT2D eigenvalue weighted by molar-refractivity contribution is 5.73. The Balaban J connectivity index is 2.20. The summed E-state index contributed by atoms with van der Waals surface area (Å²) < 4.78 is 5.34. The highest BCUT2D eigenvalue weighted by Gasteiger charge is 2.28. The molecule has 2 atom stereocenters. The Bertz CT molecular complexity index is 218. The summed E-state index contributed by atoms with van der Waals surface area (Å²) in [6.07, 6.45) is 9.92. The van der Waals surface area contributed by atoms with Gasteiger partial charge in [-0.15, -0.1) is 0 Å². The maximum Gasteiger partial charge on any atom is 0.310 e. The van der Waals surface area contributed by atoms with Gasteiger partial charge in [0.2, 0.25) is 0 Å². The lowest BCUT2D eigenvalue weighted by Crippen LogP contribution is -2.35. The number of hydrogen-bond donors (Lipinski definition) is 1. The maximum absolute atomic E-state index is 11.9. The minimum atomic E-state index is -0.0594. The zero-order valence-corrected chi connectivity index (χ0v) is 11.1. The predicted octanol–water partition coefficient (Wildman–Crippen LogP) is 3.02. The van der Waals surface area contributed by atoms with Crippen LogP contribution in [0.5, 0.6) is 0 Å². The van der Waals surface area contributed by atoms with Crippen LogP contribution in [-0.2, 0) is 9.53 Å². The van der Waals surface area contributed by atoms with Gasteiger partial charge >= 0.3 is 5.97 Å². The third-order valence-electron chi connectivity index (χ3n) is 3.61. The average Bonchev–Trinajstić information content (AvgIpc) is 2.53. The molecule has 0 saturated heterocycles. The van der Waals surface area contributed by atoms with Crippen LogP contribution in [-0.4, -0.2) is 18.6 Å². The highest BCUT2D eigenvalue weighted by Crippen LogP contribution is 2.23. The minimum absolute atomic E-state index is 0.0145. The Morgan fingerprint density at radius 1 is 1.18 bits per heavy atom. The summed E-state index contributed by atoms with van der Waals surface area (Å²) in [4.78, 5) is 11.9. The third-order valence-corrected chi connectivity index (χ3v) is 3.61. The molecule has 0 aliphatic heterocycles. The predicted molar refractivity (Wildman–Crippen MR) is 69.7 cm³/mol. The molecular weight excluding hydrogens is 214 g/mol. The number of esters is 1. The fourth-order valence-corrected chi connectivity index (χ4v) is 2.44. The molecule has 0 aromatic heterocycles. The molecule has 0 bridgehead atoms. The van der Waals surface area contributed by atoms with Crippen LogP contribution in [0.4, 0.5) is 0 Å². The van der Waals surface area contributed by atoms with E-state index in [1.807, 2.05) is 0 Å². The van der Waals surface area contributed by atoms with Crippen LogP contribution in [0.3, 0.4) is 0 Å². The van der Waals surface area contributed by atoms with Gasteiger partial charge in [-0.25, -0.2) is 0 Å². The van der Waals surface area contributed by atoms with Crippen molar-refractivity contribution in [2.75, 3.05) is 6.61 Å². The summed E-state index contributed by atoms with van der Waals surface area (Å²) in [7, 11) is 0. The molecule has 1 aliphatic carbocycles. The van der Waals surface area contributed by atoms with E-state index < -0.39 is 0 Å². The molecule has 3 nitrogen and oxygen atoms in total. The van der Waals surface area contributed by atoms with Gasteiger partial charge in [-0.3, -0.25) is 4.79 Å². The van der Waals surface area contributed by atoms with Crippen LogP contribution in [0.25, 0.3) is 0 Å². The average molecular weight is 241 g/mol. The van der Waals surface area contributed by atoms with Crippen LogP contribution >= 0.6 is 0 Å². The van der Waals surface area contributed by atoms with Gasteiger partial charge in [-0.1, -0.05) is 45.4 Å². The highest BCUT2D eigenvalue weighted by atomic mass is 16.5. The smallest absolute Gasteiger partial charge is 0.310 e. The number of unbranched alkanes of at least 4 members (excludes halogenated alkanes) is 3. The Morgan fingerprint density at radius 3 is 2.71 bits per heavy atom. The minimum Gasteiger partial charge on any atom is -0.465 e. The SMILES string of the molecule is CCCCCCOC(=O)C1CCCCCC1N. The molecule has 0 heterocycles. The van der Waals surface area contributed by atoms with Crippen molar-refractivity contribution in [1.82, 2.24) is 0 Å². The van der Waals surface area contributed by atoms with Gasteiger partial charge in [0.05, 0.1) is 12.5 Å². The number of ether oxygens (including phenoxy) is 1. The summed E-state index contributed by atoms with van der Waals surface area (Å²) in [6.45, 7) is 2.75. The van der Waals surface area contributed by atoms with E-state index in [9.17, 15) is 4.79 Å². The van der Waals surface area contributed by atoms with Gasteiger partial charge in [-0.2, -0.15) is 0 Å². The fraction of sp³-hybridized carbons (Fsp3) is 0.929. The van der Waals surface area contributed by atoms with Crippen LogP contribution in [0.15, 0.2) is 0 Å². The Morgan fingerprint density at radius 2 is 1.94 bits per heavy atom. The van der Waals surface area contributed by atoms with Crippen molar-refractivity contribution in [3.8, 4) is 0 Å². The quantitative estimate of drug-likeness (QED) is 0.442. The lowest BCUT2D eigenvalue weighted by molar-refractivity contribution is -0.149. The van der Waals surface area contributed by atoms with Gasteiger partial charge < -0.3 is 10.5 Å². The molecule has 3 heteroatoms. The number of nitrogens with two attached hydrogens (primary N) is 1. The normalized spacial score (nSPS) is 25.3. The third kappa shape index (κ3) is 5.53. The van der Waals surface area contributed by atoms with Gasteiger partial charge in [-0.05, 0) is 19.3 Å². The van der Waals surface area contributed by atoms with Crippen LogP contribution in [0.2, 0.25) is 0 Å². The van der Waals surface area contributed by atoms with E-state index in [2.05, 4.69) is 6.92 Å². The molecular formula is C14H27NO2. The van der Waals surface area contributed by atoms with E-state index in [0.29, 0.717) is 6.61 Å². The summed E-state index contributed by atoms with van der Waals surface area (Å²) >= 11 is 0. The van der Waals surface area contributed by atoms with E-state index in [4.69, 9.17) is 10.5 Å². The first kappa shape index (κ1) is 14.5. The number of carbonyl (C=O) groups is 1. The molecule has 100 valence electrons. The first-order valence-corrected chi connectivity index (χ1v) is 7.18. The van der Waals surface area contributed by atoms with Crippen molar-refractivity contribution in [2.24, 2.45) is 11.7 Å². The maximum atomic E-state index is 11.9. The molecule has 0 amide bonds. The summed E-state index contributed by atoms with van der Waals surface area (Å²) in [5.74, 6) is -0.112. The monoisotopic (exact) mass is 241 g/mol. The number of carbonyl (C=O) groups excluding carboxylic acids is 1. The molecule has 1 aliphatic rings. The summed E-state index contributed by atoms with van der Waals surface area (Å²) in [5.41, 5.74) is 6.03. The Labute approximate surface area is 105 Å². The molecule has 0 aromatic carbocycles. The van der Waals surface area contributed by atoms with Crippen molar-refractivity contribution in [1.29, 1.82) is 0 Å². The summed E-state index contributed by atoms with van der Waals surface area (Å²) in [5, 5.41) is 0. The molecule has 17 heavy (non-hydrogen) atoms. The molecule has 2 N–H and O–H groups in total. The number of rotatable bonds is 6. The van der Waals surface area contributed by atoms with E-state index in [1.54, 1.807) is 0 Å². The van der Waals surface area contributed by atoms with Crippen molar-refractivity contribution in [3.05, 3.63) is 0 Å². The molecule has 0 radical (unpaired) electrons. The van der Waals surface area contributed by atoms with E-state index in [0.717, 1.165) is 38.5 Å². The van der Waals surface area contributed by atoms with Crippen LogP contribution in [0, 0.1) is 5.92 Å². The number of hydrogen-bond acceptors (Lipinski definition) is 3. The Kier molecular flexibility index (Phi) is 7.25. The van der Waals surface area contributed by atoms with Crippen LogP contribution < -0.4 is 5.73 Å². The van der Waals surface area contributed by atoms with Gasteiger partial charge in [0.1, 0.15) is 0 Å². The van der Waals surface area contributed by atoms with E-state index in [1.165, 1.54) is 19.3 Å². The Hall–Kier alpha value is -0.570. The topological polar surface area (TPSA) is 52.3 Å². The second-order valence-corrected chi connectivity index (χ2v) is 5.14. The molecule has 1 rings (SSSR count). The molecule has 0 spiro atoms. The second-order valence-electron chi connectivity index (χ2n) is 5.14. The second kappa shape index (κ2) is 8.51. The van der Waals surface area contributed by atoms with Crippen molar-refractivity contribution >= 4 is 5.97 Å². The largest absolute Gasteiger partial charge is 0.465 e. The van der Waals surface area contributed by atoms with Crippen molar-refractivity contribution < 1.29 is 9.53 Å². The zero-order valence-electron chi connectivity index (χ0n) is 11.1. The lowest BCUT2D eigenvalue weighted by atomic mass is 9.96. The van der Waals surface area contributed by atoms with Crippen LogP contribution in [0.1, 0.15) is 64.7 Å². The summed E-state index contributed by atoms with van der Waals surface area (Å²) in [6, 6.07) is 0.0145. The molecule has 1 fully saturated rings. The standard InChI is InChI=1S/C14H27NO2/c1-2-3-4-8-11-17-14(16)12-9-6-5-7-10-13(12)15/h12-13H,2-11,15H2,1H3. The lowest BCUT2D eigenvalue weighted by Gasteiger charge is -2.19. The van der Waals surface area contributed by atoms with Gasteiger partial charge in [0.15, 0.2) is 0 Å². The van der Waals surface area contributed by atoms with Crippen molar-refractivity contribution in [2.45, 2.75) is 70.8 Å². The van der Waals surface area contributed by atoms with Crippen molar-refractivity contribution in [3.63, 3.8) is 0 Å². The first-order chi connectivity index (χ1) is 8.25. The molecule has 1 saturated carbocycles. The van der Waals surface area contributed by atoms with E-state index in [-0.39, 0.29) is 17.9 Å².